The zero-order valence-corrected chi connectivity index (χ0v) is 24.2. The number of benzene rings is 2. The van der Waals surface area contributed by atoms with Gasteiger partial charge in [-0.25, -0.2) is 4.68 Å². The Kier molecular flexibility index (Phi) is 7.37. The molecule has 206 valence electrons. The van der Waals surface area contributed by atoms with Crippen LogP contribution in [0, 0.1) is 6.92 Å². The molecule has 0 spiro atoms. The van der Waals surface area contributed by atoms with E-state index in [0.717, 1.165) is 40.9 Å². The summed E-state index contributed by atoms with van der Waals surface area (Å²) in [7, 11) is 3.23. The van der Waals surface area contributed by atoms with E-state index in [0.29, 0.717) is 17.3 Å². The average Bonchev–Trinajstić information content (AvgIpc) is 3.64. The summed E-state index contributed by atoms with van der Waals surface area (Å²) in [5.74, 6) is 1.86. The summed E-state index contributed by atoms with van der Waals surface area (Å²) in [6.07, 6.45) is 1.97. The molecule has 1 atom stereocenters. The summed E-state index contributed by atoms with van der Waals surface area (Å²) in [4.78, 5) is 28.5. The first kappa shape index (κ1) is 27.1. The fraction of sp³-hybridized carbons (Fsp3) is 0.433. The number of rotatable bonds is 7. The van der Waals surface area contributed by atoms with Crippen molar-refractivity contribution in [1.29, 1.82) is 0 Å². The molecule has 39 heavy (non-hydrogen) atoms. The Labute approximate surface area is 234 Å². The number of ether oxygens (including phenoxy) is 2. The van der Waals surface area contributed by atoms with Gasteiger partial charge >= 0.3 is 0 Å². The number of amides is 2. The molecule has 2 aromatic carbocycles. The number of carbonyl (C=O) groups is 2. The maximum Gasteiger partial charge on any atom is 0.240 e. The van der Waals surface area contributed by atoms with Crippen molar-refractivity contribution >= 4 is 29.4 Å². The maximum absolute atomic E-state index is 13.8. The number of aryl methyl sites for hydroxylation is 1. The van der Waals surface area contributed by atoms with Crippen LogP contribution in [0.3, 0.4) is 0 Å². The van der Waals surface area contributed by atoms with Crippen LogP contribution in [-0.4, -0.2) is 54.2 Å². The smallest absolute Gasteiger partial charge is 0.240 e. The molecule has 1 aliphatic carbocycles. The van der Waals surface area contributed by atoms with Crippen LogP contribution in [0.2, 0.25) is 0 Å². The van der Waals surface area contributed by atoms with Crippen LogP contribution < -0.4 is 19.7 Å². The van der Waals surface area contributed by atoms with Crippen LogP contribution in [0.15, 0.2) is 42.5 Å². The third-order valence-electron chi connectivity index (χ3n) is 7.00. The average molecular weight is 549 g/mol. The summed E-state index contributed by atoms with van der Waals surface area (Å²) < 4.78 is 13.0. The minimum Gasteiger partial charge on any atom is -0.493 e. The van der Waals surface area contributed by atoms with E-state index in [9.17, 15) is 9.59 Å². The highest BCUT2D eigenvalue weighted by molar-refractivity contribution is 8.00. The number of anilines is 1. The summed E-state index contributed by atoms with van der Waals surface area (Å²) in [6.45, 7) is 8.36. The molecule has 3 aromatic rings. The molecule has 2 amide bonds. The van der Waals surface area contributed by atoms with Crippen LogP contribution in [0.25, 0.3) is 5.69 Å². The number of methoxy groups -OCH3 is 2. The Morgan fingerprint density at radius 1 is 1.10 bits per heavy atom. The predicted molar refractivity (Wildman–Crippen MR) is 154 cm³/mol. The van der Waals surface area contributed by atoms with Crippen LogP contribution in [0.1, 0.15) is 61.2 Å². The second kappa shape index (κ2) is 10.6. The monoisotopic (exact) mass is 548 g/mol. The van der Waals surface area contributed by atoms with E-state index in [1.807, 2.05) is 48.0 Å². The van der Waals surface area contributed by atoms with Gasteiger partial charge in [0.2, 0.25) is 11.8 Å². The van der Waals surface area contributed by atoms with Crippen LogP contribution >= 0.6 is 11.8 Å². The van der Waals surface area contributed by atoms with Gasteiger partial charge in [0.15, 0.2) is 11.5 Å². The molecule has 5 rings (SSSR count). The van der Waals surface area contributed by atoms with E-state index < -0.39 is 0 Å². The Morgan fingerprint density at radius 2 is 1.85 bits per heavy atom. The SMILES string of the molecule is COc1ccc([C@H]2SCC(=O)N(CC(=O)NC3CC3)c3c2c(C(C)(C)C)nn3-c2cccc(C)c2)cc1OC. The Hall–Kier alpha value is -3.46. The fourth-order valence-electron chi connectivity index (χ4n) is 4.94. The molecule has 0 radical (unpaired) electrons. The number of fused-ring (bicyclic) bond motifs is 1. The molecule has 1 saturated carbocycles. The van der Waals surface area contributed by atoms with Crippen LogP contribution in [0.4, 0.5) is 5.82 Å². The molecular formula is C30H36N4O4S. The molecule has 8 nitrogen and oxygen atoms in total. The maximum atomic E-state index is 13.8. The van der Waals surface area contributed by atoms with Gasteiger partial charge in [0.05, 0.1) is 36.6 Å². The van der Waals surface area contributed by atoms with Crippen molar-refractivity contribution in [1.82, 2.24) is 15.1 Å². The lowest BCUT2D eigenvalue weighted by Crippen LogP contribution is -2.43. The van der Waals surface area contributed by atoms with Crippen molar-refractivity contribution < 1.29 is 19.1 Å². The molecule has 0 unspecified atom stereocenters. The Balaban J connectivity index is 1.75. The zero-order valence-electron chi connectivity index (χ0n) is 23.4. The first-order valence-corrected chi connectivity index (χ1v) is 14.3. The number of thioether (sulfide) groups is 1. The number of hydrogen-bond donors (Lipinski definition) is 1. The lowest BCUT2D eigenvalue weighted by Gasteiger charge is -2.25. The normalized spacial score (nSPS) is 17.4. The standard InChI is InChI=1S/C30H36N4O4S/c1-18-8-7-9-21(14-18)34-29-26(28(32-34)30(2,3)4)27(19-10-13-22(37-5)23(15-19)38-6)39-17-25(36)33(29)16-24(35)31-20-11-12-20/h7-10,13-15,20,27H,11-12,16-17H2,1-6H3,(H,31,35)/t27-/m1/s1. The molecule has 0 saturated heterocycles. The first-order chi connectivity index (χ1) is 18.6. The lowest BCUT2D eigenvalue weighted by atomic mass is 9.87. The summed E-state index contributed by atoms with van der Waals surface area (Å²) in [5.41, 5.74) is 4.40. The third kappa shape index (κ3) is 5.50. The van der Waals surface area contributed by atoms with E-state index in [1.165, 1.54) is 0 Å². The highest BCUT2D eigenvalue weighted by Gasteiger charge is 2.40. The van der Waals surface area contributed by atoms with Crippen LogP contribution in [0.5, 0.6) is 11.5 Å². The van der Waals surface area contributed by atoms with E-state index in [2.05, 4.69) is 32.2 Å². The molecule has 9 heteroatoms. The van der Waals surface area contributed by atoms with Gasteiger partial charge in [-0.1, -0.05) is 39.0 Å². The van der Waals surface area contributed by atoms with Crippen molar-refractivity contribution in [2.75, 3.05) is 31.4 Å². The van der Waals surface area contributed by atoms with Crippen molar-refractivity contribution in [3.63, 3.8) is 0 Å². The van der Waals surface area contributed by atoms with Gasteiger partial charge in [-0.3, -0.25) is 14.5 Å². The van der Waals surface area contributed by atoms with Crippen LogP contribution in [-0.2, 0) is 15.0 Å². The van der Waals surface area contributed by atoms with Crippen molar-refractivity contribution in [3.05, 3.63) is 64.8 Å². The van der Waals surface area contributed by atoms with Gasteiger partial charge < -0.3 is 14.8 Å². The van der Waals surface area contributed by atoms with E-state index in [-0.39, 0.29) is 40.8 Å². The van der Waals surface area contributed by atoms with E-state index in [4.69, 9.17) is 14.6 Å². The summed E-state index contributed by atoms with van der Waals surface area (Å²) in [6, 6.07) is 14.1. The Morgan fingerprint density at radius 3 is 2.49 bits per heavy atom. The number of nitrogens with zero attached hydrogens (tertiary/aromatic N) is 3. The topological polar surface area (TPSA) is 85.7 Å². The van der Waals surface area contributed by atoms with Gasteiger partial charge in [0.25, 0.3) is 0 Å². The van der Waals surface area contributed by atoms with Gasteiger partial charge in [-0.2, -0.15) is 5.10 Å². The molecule has 1 aliphatic heterocycles. The number of aromatic nitrogens is 2. The molecule has 1 N–H and O–H groups in total. The van der Waals surface area contributed by atoms with Gasteiger partial charge in [0, 0.05) is 17.0 Å². The lowest BCUT2D eigenvalue weighted by molar-refractivity contribution is -0.123. The second-order valence-corrected chi connectivity index (χ2v) is 12.3. The van der Waals surface area contributed by atoms with Gasteiger partial charge in [0.1, 0.15) is 12.4 Å². The molecule has 0 bridgehead atoms. The van der Waals surface area contributed by atoms with E-state index in [1.54, 1.807) is 30.9 Å². The second-order valence-electron chi connectivity index (χ2n) is 11.2. The molecule has 2 heterocycles. The molecule has 1 fully saturated rings. The van der Waals surface area contributed by atoms with Gasteiger partial charge in [-0.15, -0.1) is 11.8 Å². The summed E-state index contributed by atoms with van der Waals surface area (Å²) >= 11 is 1.55. The number of carbonyl (C=O) groups excluding carboxylic acids is 2. The van der Waals surface area contributed by atoms with Crippen molar-refractivity contribution in [3.8, 4) is 17.2 Å². The van der Waals surface area contributed by atoms with Crippen molar-refractivity contribution in [2.24, 2.45) is 0 Å². The third-order valence-corrected chi connectivity index (χ3v) is 8.26. The Bertz CT molecular complexity index is 1410. The van der Waals surface area contributed by atoms with Crippen molar-refractivity contribution in [2.45, 2.75) is 57.2 Å². The fourth-order valence-corrected chi connectivity index (χ4v) is 6.12. The van der Waals surface area contributed by atoms with E-state index >= 15 is 0 Å². The molecule has 1 aromatic heterocycles. The molecular weight excluding hydrogens is 512 g/mol. The quantitative estimate of drug-likeness (QED) is 0.450. The predicted octanol–water partition coefficient (Wildman–Crippen LogP) is 4.94. The number of nitrogens with one attached hydrogen (secondary N) is 1. The molecule has 2 aliphatic rings. The number of hydrogen-bond acceptors (Lipinski definition) is 6. The minimum atomic E-state index is -0.330. The highest BCUT2D eigenvalue weighted by atomic mass is 32.2. The zero-order chi connectivity index (χ0) is 27.9. The first-order valence-electron chi connectivity index (χ1n) is 13.2. The summed E-state index contributed by atoms with van der Waals surface area (Å²) in [5, 5.41) is 7.99. The highest BCUT2D eigenvalue weighted by Crippen LogP contribution is 2.49. The largest absolute Gasteiger partial charge is 0.493 e. The van der Waals surface area contributed by atoms with Gasteiger partial charge in [-0.05, 0) is 55.2 Å². The minimum absolute atomic E-state index is 0.0529.